The normalized spacial score (nSPS) is 24.2. The first-order valence-electron chi connectivity index (χ1n) is 9.82. The average molecular weight is 376 g/mol. The Balaban J connectivity index is 1.72. The molecule has 0 spiro atoms. The van der Waals surface area contributed by atoms with Crippen molar-refractivity contribution in [2.24, 2.45) is 5.92 Å². The highest BCUT2D eigenvalue weighted by Gasteiger charge is 2.49. The Morgan fingerprint density at radius 3 is 2.56 bits per heavy atom. The Labute approximate surface area is 161 Å². The van der Waals surface area contributed by atoms with Gasteiger partial charge in [-0.2, -0.15) is 0 Å². The van der Waals surface area contributed by atoms with Crippen molar-refractivity contribution in [1.82, 2.24) is 10.2 Å². The molecule has 2 fully saturated rings. The number of carbonyl (C=O) groups excluding carboxylic acids is 1. The minimum Gasteiger partial charge on any atom is -0.493 e. The lowest BCUT2D eigenvalue weighted by Crippen LogP contribution is -2.59. The number of β-amino-alcohol motifs (C(OH)–C–C–N with tert-alkyl or cyclic N) is 1. The van der Waals surface area contributed by atoms with E-state index in [1.807, 2.05) is 18.2 Å². The minimum atomic E-state index is -1.34. The number of methoxy groups -OCH3 is 2. The van der Waals surface area contributed by atoms with Gasteiger partial charge >= 0.3 is 0 Å². The van der Waals surface area contributed by atoms with Crippen molar-refractivity contribution in [3.63, 3.8) is 0 Å². The maximum atomic E-state index is 13.1. The van der Waals surface area contributed by atoms with Crippen LogP contribution in [0.5, 0.6) is 11.5 Å². The van der Waals surface area contributed by atoms with Crippen molar-refractivity contribution >= 4 is 5.91 Å². The largest absolute Gasteiger partial charge is 0.493 e. The quantitative estimate of drug-likeness (QED) is 0.729. The molecule has 1 saturated heterocycles. The zero-order valence-corrected chi connectivity index (χ0v) is 16.9. The lowest BCUT2D eigenvalue weighted by molar-refractivity contribution is -0.157. The van der Waals surface area contributed by atoms with Crippen molar-refractivity contribution in [1.29, 1.82) is 0 Å². The van der Waals surface area contributed by atoms with Crippen molar-refractivity contribution < 1.29 is 19.4 Å². The molecule has 6 nitrogen and oxygen atoms in total. The van der Waals surface area contributed by atoms with Crippen molar-refractivity contribution in [2.75, 3.05) is 27.3 Å². The van der Waals surface area contributed by atoms with E-state index in [0.717, 1.165) is 24.8 Å². The lowest BCUT2D eigenvalue weighted by Gasteiger charge is -2.39. The highest BCUT2D eigenvalue weighted by atomic mass is 16.5. The number of ether oxygens (including phenoxy) is 2. The van der Waals surface area contributed by atoms with E-state index in [1.165, 1.54) is 0 Å². The average Bonchev–Trinajstić information content (AvgIpc) is 3.45. The van der Waals surface area contributed by atoms with Crippen LogP contribution in [0.25, 0.3) is 0 Å². The molecular weight excluding hydrogens is 344 g/mol. The molecule has 6 heteroatoms. The summed E-state index contributed by atoms with van der Waals surface area (Å²) in [5.74, 6) is 1.57. The molecule has 0 unspecified atom stereocenters. The van der Waals surface area contributed by atoms with Crippen LogP contribution < -0.4 is 14.8 Å². The predicted octanol–water partition coefficient (Wildman–Crippen LogP) is 2.34. The van der Waals surface area contributed by atoms with Gasteiger partial charge in [-0.3, -0.25) is 4.79 Å². The molecule has 0 radical (unpaired) electrons. The Morgan fingerprint density at radius 1 is 1.22 bits per heavy atom. The topological polar surface area (TPSA) is 71.0 Å². The van der Waals surface area contributed by atoms with Crippen LogP contribution in [0.3, 0.4) is 0 Å². The van der Waals surface area contributed by atoms with Gasteiger partial charge < -0.3 is 24.8 Å². The summed E-state index contributed by atoms with van der Waals surface area (Å²) in [5, 5.41) is 14.6. The smallest absolute Gasteiger partial charge is 0.256 e. The number of nitrogens with zero attached hydrogens (tertiary/aromatic N) is 1. The van der Waals surface area contributed by atoms with E-state index in [9.17, 15) is 9.90 Å². The van der Waals surface area contributed by atoms with E-state index in [1.54, 1.807) is 19.1 Å². The number of para-hydroxylation sites is 1. The van der Waals surface area contributed by atoms with E-state index >= 15 is 0 Å². The molecule has 1 aromatic rings. The van der Waals surface area contributed by atoms with E-state index in [-0.39, 0.29) is 11.4 Å². The molecule has 1 saturated carbocycles. The molecule has 150 valence electrons. The van der Waals surface area contributed by atoms with Gasteiger partial charge in [0, 0.05) is 30.7 Å². The molecule has 1 amide bonds. The highest BCUT2D eigenvalue weighted by Crippen LogP contribution is 2.42. The van der Waals surface area contributed by atoms with Crippen LogP contribution in [0.2, 0.25) is 0 Å². The summed E-state index contributed by atoms with van der Waals surface area (Å²) in [6, 6.07) is 5.65. The predicted molar refractivity (Wildman–Crippen MR) is 104 cm³/mol. The number of amides is 1. The first-order chi connectivity index (χ1) is 12.8. The Morgan fingerprint density at radius 2 is 1.96 bits per heavy atom. The van der Waals surface area contributed by atoms with Gasteiger partial charge in [0.1, 0.15) is 0 Å². The zero-order valence-electron chi connectivity index (χ0n) is 16.9. The molecule has 1 aromatic carbocycles. The van der Waals surface area contributed by atoms with Crippen LogP contribution in [0.15, 0.2) is 18.2 Å². The first-order valence-corrected chi connectivity index (χ1v) is 9.82. The van der Waals surface area contributed by atoms with Crippen molar-refractivity contribution in [3.8, 4) is 11.5 Å². The number of carbonyl (C=O) groups is 1. The third kappa shape index (κ3) is 3.92. The van der Waals surface area contributed by atoms with Crippen molar-refractivity contribution in [2.45, 2.75) is 57.2 Å². The van der Waals surface area contributed by atoms with Crippen molar-refractivity contribution in [3.05, 3.63) is 23.8 Å². The number of nitrogens with one attached hydrogen (secondary N) is 1. The maximum Gasteiger partial charge on any atom is 0.256 e. The number of aliphatic hydroxyl groups is 1. The second-order valence-corrected chi connectivity index (χ2v) is 8.18. The van der Waals surface area contributed by atoms with E-state index in [4.69, 9.17) is 9.47 Å². The highest BCUT2D eigenvalue weighted by molar-refractivity contribution is 5.86. The summed E-state index contributed by atoms with van der Waals surface area (Å²) in [6.07, 6.45) is 3.50. The van der Waals surface area contributed by atoms with Gasteiger partial charge in [-0.05, 0) is 37.7 Å². The van der Waals surface area contributed by atoms with Crippen LogP contribution >= 0.6 is 0 Å². The zero-order chi connectivity index (χ0) is 19.7. The lowest BCUT2D eigenvalue weighted by atomic mass is 9.90. The standard InChI is InChI=1S/C21H32N2O4/c1-15(2)20(10-11-20)22-14-21(25)9-6-12-23(19(21)24)13-16-7-5-8-17(26-3)18(16)27-4/h5,7-8,15,22,25H,6,9-14H2,1-4H3/t21-/m1/s1. The number of hydrogen-bond donors (Lipinski definition) is 2. The maximum absolute atomic E-state index is 13.1. The van der Waals surface area contributed by atoms with Gasteiger partial charge in [0.25, 0.3) is 5.91 Å². The van der Waals surface area contributed by atoms with E-state index in [2.05, 4.69) is 19.2 Å². The van der Waals surface area contributed by atoms with E-state index in [0.29, 0.717) is 43.5 Å². The first kappa shape index (κ1) is 20.0. The van der Waals surface area contributed by atoms with Crippen LogP contribution in [0, 0.1) is 5.92 Å². The minimum absolute atomic E-state index is 0.0916. The summed E-state index contributed by atoms with van der Waals surface area (Å²) >= 11 is 0. The second kappa shape index (κ2) is 7.68. The molecule has 2 aliphatic rings. The van der Waals surface area contributed by atoms with Gasteiger partial charge in [-0.15, -0.1) is 0 Å². The monoisotopic (exact) mass is 376 g/mol. The summed E-state index contributed by atoms with van der Waals surface area (Å²) in [7, 11) is 3.20. The summed E-state index contributed by atoms with van der Waals surface area (Å²) in [5.41, 5.74) is -0.369. The fraction of sp³-hybridized carbons (Fsp3) is 0.667. The Hall–Kier alpha value is -1.79. The molecule has 3 rings (SSSR count). The molecule has 1 atom stereocenters. The molecule has 0 bridgehead atoms. The molecule has 27 heavy (non-hydrogen) atoms. The van der Waals surface area contributed by atoms with Crippen LogP contribution in [-0.4, -0.2) is 54.4 Å². The SMILES string of the molecule is COc1cccc(CN2CCC[C@@](O)(CNC3(C(C)C)CC3)C2=O)c1OC. The number of rotatable bonds is 8. The van der Waals surface area contributed by atoms with Gasteiger partial charge in [0.15, 0.2) is 17.1 Å². The number of piperidine rings is 1. The summed E-state index contributed by atoms with van der Waals surface area (Å²) in [6.45, 7) is 5.73. The number of benzene rings is 1. The fourth-order valence-electron chi connectivity index (χ4n) is 4.08. The third-order valence-corrected chi connectivity index (χ3v) is 6.18. The molecule has 1 heterocycles. The second-order valence-electron chi connectivity index (χ2n) is 8.18. The van der Waals surface area contributed by atoms with Crippen LogP contribution in [-0.2, 0) is 11.3 Å². The molecule has 2 N–H and O–H groups in total. The van der Waals surface area contributed by atoms with Gasteiger partial charge in [-0.1, -0.05) is 26.0 Å². The van der Waals surface area contributed by atoms with Crippen LogP contribution in [0.4, 0.5) is 0 Å². The number of hydrogen-bond acceptors (Lipinski definition) is 5. The Kier molecular flexibility index (Phi) is 5.68. The van der Waals surface area contributed by atoms with Gasteiger partial charge in [0.2, 0.25) is 0 Å². The molecule has 1 aliphatic carbocycles. The molecule has 0 aromatic heterocycles. The molecule has 1 aliphatic heterocycles. The van der Waals surface area contributed by atoms with Crippen LogP contribution in [0.1, 0.15) is 45.1 Å². The van der Waals surface area contributed by atoms with E-state index < -0.39 is 5.60 Å². The summed E-state index contributed by atoms with van der Waals surface area (Å²) < 4.78 is 10.8. The Bertz CT molecular complexity index is 687. The number of likely N-dealkylation sites (tertiary alicyclic amines) is 1. The third-order valence-electron chi connectivity index (χ3n) is 6.18. The molecular formula is C21H32N2O4. The fourth-order valence-corrected chi connectivity index (χ4v) is 4.08. The van der Waals surface area contributed by atoms with Gasteiger partial charge in [0.05, 0.1) is 14.2 Å². The summed E-state index contributed by atoms with van der Waals surface area (Å²) in [4.78, 5) is 14.8. The van der Waals surface area contributed by atoms with Gasteiger partial charge in [-0.25, -0.2) is 0 Å².